The molecule has 1 saturated heterocycles. The van der Waals surface area contributed by atoms with Crippen molar-refractivity contribution in [2.45, 2.75) is 13.0 Å². The minimum absolute atomic E-state index is 0.0630. The summed E-state index contributed by atoms with van der Waals surface area (Å²) < 4.78 is 30.6. The van der Waals surface area contributed by atoms with Crippen molar-refractivity contribution < 1.29 is 17.9 Å². The minimum atomic E-state index is -3.36. The molecule has 8 heteroatoms. The smallest absolute Gasteiger partial charge is 0.253 e. The van der Waals surface area contributed by atoms with Crippen LogP contribution in [0.15, 0.2) is 18.2 Å². The van der Waals surface area contributed by atoms with Crippen molar-refractivity contribution in [1.82, 2.24) is 9.62 Å². The van der Waals surface area contributed by atoms with Crippen LogP contribution in [0.3, 0.4) is 0 Å². The summed E-state index contributed by atoms with van der Waals surface area (Å²) in [7, 11) is -0.372. The van der Waals surface area contributed by atoms with Crippen molar-refractivity contribution in [3.8, 4) is 0 Å². The Hall–Kier alpha value is -1.15. The number of hydrogen-bond donors (Lipinski definition) is 1. The second-order valence-corrected chi connectivity index (χ2v) is 8.50. The van der Waals surface area contributed by atoms with Crippen molar-refractivity contribution in [2.24, 2.45) is 5.92 Å². The van der Waals surface area contributed by atoms with E-state index in [-0.39, 0.29) is 23.6 Å². The fraction of sp³-hybridized carbons (Fsp3) is 0.533. The fourth-order valence-electron chi connectivity index (χ4n) is 2.50. The van der Waals surface area contributed by atoms with Gasteiger partial charge in [0.25, 0.3) is 5.91 Å². The molecule has 128 valence electrons. The van der Waals surface area contributed by atoms with Crippen molar-refractivity contribution in [3.05, 3.63) is 34.3 Å². The van der Waals surface area contributed by atoms with Gasteiger partial charge in [-0.1, -0.05) is 23.7 Å². The van der Waals surface area contributed by atoms with Gasteiger partial charge in [-0.25, -0.2) is 12.7 Å². The highest BCUT2D eigenvalue weighted by molar-refractivity contribution is 7.89. The molecule has 0 unspecified atom stereocenters. The number of halogens is 1. The Morgan fingerprint density at radius 2 is 2.09 bits per heavy atom. The summed E-state index contributed by atoms with van der Waals surface area (Å²) in [5.41, 5.74) is 1.18. The minimum Gasteiger partial charge on any atom is -0.379 e. The first-order chi connectivity index (χ1) is 10.7. The Morgan fingerprint density at radius 3 is 2.70 bits per heavy atom. The number of rotatable bonds is 5. The number of amides is 1. The number of carbonyl (C=O) groups excluding carboxylic acids is 1. The zero-order chi connectivity index (χ0) is 17.2. The molecule has 0 saturated carbocycles. The Morgan fingerprint density at radius 1 is 1.39 bits per heavy atom. The van der Waals surface area contributed by atoms with Crippen LogP contribution in [0.5, 0.6) is 0 Å². The molecule has 6 nitrogen and oxygen atoms in total. The van der Waals surface area contributed by atoms with Crippen LogP contribution < -0.4 is 5.32 Å². The lowest BCUT2D eigenvalue weighted by atomic mass is 10.0. The molecule has 0 bridgehead atoms. The predicted molar refractivity (Wildman–Crippen MR) is 89.2 cm³/mol. The molecule has 1 N–H and O–H groups in total. The number of nitrogens with zero attached hydrogens (tertiary/aromatic N) is 1. The van der Waals surface area contributed by atoms with Crippen molar-refractivity contribution in [3.63, 3.8) is 0 Å². The van der Waals surface area contributed by atoms with Crippen molar-refractivity contribution in [1.29, 1.82) is 0 Å². The zero-order valence-electron chi connectivity index (χ0n) is 13.4. The van der Waals surface area contributed by atoms with E-state index < -0.39 is 10.0 Å². The quantitative estimate of drug-likeness (QED) is 0.858. The van der Waals surface area contributed by atoms with E-state index in [1.807, 2.05) is 0 Å². The molecular formula is C15H21ClN2O4S. The maximum Gasteiger partial charge on any atom is 0.253 e. The Labute approximate surface area is 141 Å². The van der Waals surface area contributed by atoms with Crippen LogP contribution in [0.1, 0.15) is 15.9 Å². The molecule has 0 spiro atoms. The molecule has 1 aliphatic heterocycles. The van der Waals surface area contributed by atoms with Gasteiger partial charge in [-0.05, 0) is 18.6 Å². The summed E-state index contributed by atoms with van der Waals surface area (Å²) in [6.45, 7) is 2.41. The first-order valence-electron chi connectivity index (χ1n) is 7.26. The molecule has 23 heavy (non-hydrogen) atoms. The third-order valence-corrected chi connectivity index (χ3v) is 6.22. The molecule has 1 aromatic rings. The van der Waals surface area contributed by atoms with Gasteiger partial charge in [0.05, 0.1) is 35.6 Å². The van der Waals surface area contributed by atoms with Crippen LogP contribution in [0, 0.1) is 12.8 Å². The molecule has 0 aromatic heterocycles. The third-order valence-electron chi connectivity index (χ3n) is 3.94. The monoisotopic (exact) mass is 360 g/mol. The van der Waals surface area contributed by atoms with E-state index in [9.17, 15) is 13.2 Å². The number of aryl methyl sites for hydroxylation is 1. The van der Waals surface area contributed by atoms with Crippen LogP contribution in [-0.2, 0) is 14.8 Å². The third kappa shape index (κ3) is 4.23. The Kier molecular flexibility index (Phi) is 5.67. The molecule has 2 rings (SSSR count). The van der Waals surface area contributed by atoms with E-state index in [2.05, 4.69) is 5.32 Å². The second-order valence-electron chi connectivity index (χ2n) is 5.87. The van der Waals surface area contributed by atoms with Gasteiger partial charge >= 0.3 is 0 Å². The van der Waals surface area contributed by atoms with Gasteiger partial charge in [-0.15, -0.1) is 0 Å². The standard InChI is InChI=1S/C15H21ClN2O4S/c1-10-5-4-6-12(16)14(10)15(19)17-13-8-22-7-11(13)9-23(20,21)18(2)3/h4-6,11,13H,7-9H2,1-3H3,(H,17,19)/t11-,13+/m0/s1. The molecule has 1 aromatic carbocycles. The predicted octanol–water partition coefficient (Wildman–Crippen LogP) is 1.28. The number of hydrogen-bond acceptors (Lipinski definition) is 4. The molecule has 1 amide bonds. The van der Waals surface area contributed by atoms with Crippen molar-refractivity contribution in [2.75, 3.05) is 33.1 Å². The topological polar surface area (TPSA) is 75.7 Å². The fourth-order valence-corrected chi connectivity index (χ4v) is 3.98. The first-order valence-corrected chi connectivity index (χ1v) is 9.25. The second kappa shape index (κ2) is 7.17. The molecule has 1 fully saturated rings. The van der Waals surface area contributed by atoms with Crippen molar-refractivity contribution >= 4 is 27.5 Å². The lowest BCUT2D eigenvalue weighted by Gasteiger charge is -2.21. The summed E-state index contributed by atoms with van der Waals surface area (Å²) in [6, 6.07) is 4.88. The van der Waals surface area contributed by atoms with Crippen LogP contribution >= 0.6 is 11.6 Å². The number of sulfonamides is 1. The van der Waals surface area contributed by atoms with E-state index in [1.54, 1.807) is 25.1 Å². The number of carbonyl (C=O) groups is 1. The summed E-state index contributed by atoms with van der Waals surface area (Å²) in [6.07, 6.45) is 0. The summed E-state index contributed by atoms with van der Waals surface area (Å²) in [5, 5.41) is 3.23. The summed E-state index contributed by atoms with van der Waals surface area (Å²) in [5.74, 6) is -0.656. The van der Waals surface area contributed by atoms with Gasteiger partial charge in [0.2, 0.25) is 10.0 Å². The van der Waals surface area contributed by atoms with Gasteiger partial charge in [-0.3, -0.25) is 4.79 Å². The number of benzene rings is 1. The molecular weight excluding hydrogens is 340 g/mol. The average molecular weight is 361 g/mol. The van der Waals surface area contributed by atoms with Crippen LogP contribution in [-0.4, -0.2) is 57.7 Å². The van der Waals surface area contributed by atoms with E-state index in [1.165, 1.54) is 18.4 Å². The first kappa shape index (κ1) is 18.2. The van der Waals surface area contributed by atoms with E-state index in [4.69, 9.17) is 16.3 Å². The molecule has 0 radical (unpaired) electrons. The van der Waals surface area contributed by atoms with E-state index >= 15 is 0 Å². The highest BCUT2D eigenvalue weighted by Crippen LogP contribution is 2.22. The molecule has 2 atom stereocenters. The van der Waals surface area contributed by atoms with Gasteiger partial charge < -0.3 is 10.1 Å². The summed E-state index contributed by atoms with van der Waals surface area (Å²) in [4.78, 5) is 12.5. The van der Waals surface area contributed by atoms with Crippen LogP contribution in [0.25, 0.3) is 0 Å². The van der Waals surface area contributed by atoms with E-state index in [0.717, 1.165) is 5.56 Å². The molecule has 1 aliphatic rings. The molecule has 0 aliphatic carbocycles. The SMILES string of the molecule is Cc1cccc(Cl)c1C(=O)N[C@@H]1COC[C@H]1CS(=O)(=O)N(C)C. The molecule has 1 heterocycles. The maximum atomic E-state index is 12.5. The van der Waals surface area contributed by atoms with Crippen LogP contribution in [0.2, 0.25) is 5.02 Å². The number of nitrogens with one attached hydrogen (secondary N) is 1. The number of ether oxygens (including phenoxy) is 1. The van der Waals surface area contributed by atoms with Gasteiger partial charge in [0.1, 0.15) is 0 Å². The van der Waals surface area contributed by atoms with Gasteiger partial charge in [0.15, 0.2) is 0 Å². The normalized spacial score (nSPS) is 21.6. The highest BCUT2D eigenvalue weighted by Gasteiger charge is 2.34. The summed E-state index contributed by atoms with van der Waals surface area (Å²) >= 11 is 6.10. The Bertz CT molecular complexity index is 670. The average Bonchev–Trinajstić information content (AvgIpc) is 2.84. The van der Waals surface area contributed by atoms with Gasteiger partial charge in [0, 0.05) is 20.0 Å². The highest BCUT2D eigenvalue weighted by atomic mass is 35.5. The van der Waals surface area contributed by atoms with Crippen LogP contribution in [0.4, 0.5) is 0 Å². The van der Waals surface area contributed by atoms with E-state index in [0.29, 0.717) is 23.8 Å². The van der Waals surface area contributed by atoms with Gasteiger partial charge in [-0.2, -0.15) is 0 Å². The Balaban J connectivity index is 2.11. The lowest BCUT2D eigenvalue weighted by molar-refractivity contribution is 0.0925. The zero-order valence-corrected chi connectivity index (χ0v) is 14.9. The largest absolute Gasteiger partial charge is 0.379 e. The maximum absolute atomic E-state index is 12.5. The lowest BCUT2D eigenvalue weighted by Crippen LogP contribution is -2.43.